The molecule has 0 atom stereocenters. The monoisotopic (exact) mass is 240 g/mol. The molecule has 0 radical (unpaired) electrons. The van der Waals surface area contributed by atoms with Crippen LogP contribution < -0.4 is 11.1 Å². The lowest BCUT2D eigenvalue weighted by Gasteiger charge is -2.09. The Balaban J connectivity index is 2.71. The zero-order chi connectivity index (χ0) is 12.8. The summed E-state index contributed by atoms with van der Waals surface area (Å²) in [4.78, 5) is 11.2. The summed E-state index contributed by atoms with van der Waals surface area (Å²) in [5.74, 6) is 0.395. The molecule has 0 aliphatic carbocycles. The van der Waals surface area contributed by atoms with Gasteiger partial charge >= 0.3 is 5.97 Å². The summed E-state index contributed by atoms with van der Waals surface area (Å²) in [5, 5.41) is 7.27. The average Bonchev–Trinajstić information content (AvgIpc) is 2.54. The number of esters is 1. The number of ether oxygens (including phenoxy) is 1. The minimum absolute atomic E-state index is 0.104. The number of anilines is 2. The van der Waals surface area contributed by atoms with E-state index in [2.05, 4.69) is 17.3 Å². The first-order valence-electron chi connectivity index (χ1n) is 5.82. The second kappa shape index (κ2) is 6.12. The zero-order valence-electron chi connectivity index (χ0n) is 10.6. The van der Waals surface area contributed by atoms with Gasteiger partial charge in [-0.1, -0.05) is 6.92 Å². The third-order valence-corrected chi connectivity index (χ3v) is 2.31. The van der Waals surface area contributed by atoms with Crippen LogP contribution in [0.5, 0.6) is 0 Å². The number of nitrogens with two attached hydrogens (primary N) is 1. The van der Waals surface area contributed by atoms with Crippen LogP contribution in [0.1, 0.15) is 26.0 Å². The van der Waals surface area contributed by atoms with Gasteiger partial charge in [0.2, 0.25) is 0 Å². The average molecular weight is 240 g/mol. The first kappa shape index (κ1) is 13.3. The molecule has 0 aliphatic heterocycles. The van der Waals surface area contributed by atoms with E-state index >= 15 is 0 Å². The highest BCUT2D eigenvalue weighted by Crippen LogP contribution is 2.22. The summed E-state index contributed by atoms with van der Waals surface area (Å²) in [6, 6.07) is 0. The second-order valence-electron chi connectivity index (χ2n) is 3.73. The van der Waals surface area contributed by atoms with Crippen molar-refractivity contribution in [2.45, 2.75) is 33.7 Å². The van der Waals surface area contributed by atoms with Crippen LogP contribution in [0.4, 0.5) is 11.5 Å². The maximum Gasteiger partial charge on any atom is 0.325 e. The van der Waals surface area contributed by atoms with Crippen molar-refractivity contribution < 1.29 is 9.53 Å². The molecule has 0 fully saturated rings. The Morgan fingerprint density at radius 3 is 2.82 bits per heavy atom. The summed E-state index contributed by atoms with van der Waals surface area (Å²) >= 11 is 0. The van der Waals surface area contributed by atoms with Gasteiger partial charge in [0.25, 0.3) is 0 Å². The smallest absolute Gasteiger partial charge is 0.325 e. The molecule has 1 rings (SSSR count). The van der Waals surface area contributed by atoms with Crippen LogP contribution in [0, 0.1) is 6.92 Å². The SMILES string of the molecule is CCCn1nc(C)c(N)c1NCC(=O)OCC. The van der Waals surface area contributed by atoms with Crippen molar-refractivity contribution in [1.82, 2.24) is 9.78 Å². The number of nitrogens with one attached hydrogen (secondary N) is 1. The fourth-order valence-electron chi connectivity index (χ4n) is 1.52. The van der Waals surface area contributed by atoms with Crippen LogP contribution in [-0.4, -0.2) is 28.9 Å². The topological polar surface area (TPSA) is 82.2 Å². The van der Waals surface area contributed by atoms with E-state index in [0.29, 0.717) is 18.1 Å². The Hall–Kier alpha value is -1.72. The van der Waals surface area contributed by atoms with Gasteiger partial charge in [-0.25, -0.2) is 4.68 Å². The molecule has 0 amide bonds. The fourth-order valence-corrected chi connectivity index (χ4v) is 1.52. The highest BCUT2D eigenvalue weighted by molar-refractivity contribution is 5.77. The van der Waals surface area contributed by atoms with Crippen LogP contribution in [0.2, 0.25) is 0 Å². The van der Waals surface area contributed by atoms with E-state index in [1.807, 2.05) is 6.92 Å². The molecule has 17 heavy (non-hydrogen) atoms. The Bertz CT molecular complexity index is 387. The lowest BCUT2D eigenvalue weighted by atomic mass is 10.4. The molecule has 6 nitrogen and oxygen atoms in total. The maximum absolute atomic E-state index is 11.2. The van der Waals surface area contributed by atoms with E-state index in [1.54, 1.807) is 11.6 Å². The molecule has 3 N–H and O–H groups in total. The Morgan fingerprint density at radius 2 is 2.24 bits per heavy atom. The molecule has 0 spiro atoms. The molecule has 6 heteroatoms. The summed E-state index contributed by atoms with van der Waals surface area (Å²) in [6.07, 6.45) is 0.953. The zero-order valence-corrected chi connectivity index (χ0v) is 10.6. The number of nitrogens with zero attached hydrogens (tertiary/aromatic N) is 2. The van der Waals surface area contributed by atoms with Gasteiger partial charge in [0.1, 0.15) is 12.4 Å². The highest BCUT2D eigenvalue weighted by atomic mass is 16.5. The summed E-state index contributed by atoms with van der Waals surface area (Å²) in [7, 11) is 0. The van der Waals surface area contributed by atoms with Crippen LogP contribution in [0.3, 0.4) is 0 Å². The van der Waals surface area contributed by atoms with Gasteiger partial charge in [-0.3, -0.25) is 4.79 Å². The molecular formula is C11H20N4O2. The van der Waals surface area contributed by atoms with Gasteiger partial charge in [-0.15, -0.1) is 0 Å². The van der Waals surface area contributed by atoms with Gasteiger partial charge in [0.15, 0.2) is 0 Å². The number of hydrogen-bond acceptors (Lipinski definition) is 5. The molecule has 1 heterocycles. The van der Waals surface area contributed by atoms with Gasteiger partial charge in [-0.05, 0) is 20.3 Å². The number of hydrogen-bond donors (Lipinski definition) is 2. The Kier molecular flexibility index (Phi) is 4.81. The highest BCUT2D eigenvalue weighted by Gasteiger charge is 2.12. The predicted octanol–water partition coefficient (Wildman–Crippen LogP) is 1.16. The number of aryl methyl sites for hydroxylation is 2. The maximum atomic E-state index is 11.2. The number of carbonyl (C=O) groups is 1. The van der Waals surface area contributed by atoms with Crippen LogP contribution >= 0.6 is 0 Å². The van der Waals surface area contributed by atoms with Gasteiger partial charge in [0.05, 0.1) is 18.0 Å². The summed E-state index contributed by atoms with van der Waals surface area (Å²) < 4.78 is 6.62. The molecular weight excluding hydrogens is 220 g/mol. The lowest BCUT2D eigenvalue weighted by molar-refractivity contribution is -0.140. The number of rotatable bonds is 6. The third kappa shape index (κ3) is 3.37. The van der Waals surface area contributed by atoms with Crippen LogP contribution in [0.25, 0.3) is 0 Å². The van der Waals surface area contributed by atoms with E-state index in [4.69, 9.17) is 10.5 Å². The number of carbonyl (C=O) groups excluding carboxylic acids is 1. The molecule has 0 saturated heterocycles. The lowest BCUT2D eigenvalue weighted by Crippen LogP contribution is -2.19. The van der Waals surface area contributed by atoms with E-state index in [1.165, 1.54) is 0 Å². The summed E-state index contributed by atoms with van der Waals surface area (Å²) in [6.45, 7) is 6.93. The van der Waals surface area contributed by atoms with Crippen molar-refractivity contribution in [2.24, 2.45) is 0 Å². The van der Waals surface area contributed by atoms with Gasteiger partial charge < -0.3 is 15.8 Å². The van der Waals surface area contributed by atoms with Crippen LogP contribution in [-0.2, 0) is 16.1 Å². The quantitative estimate of drug-likeness (QED) is 0.729. The number of nitrogen functional groups attached to an aromatic ring is 1. The van der Waals surface area contributed by atoms with E-state index < -0.39 is 0 Å². The summed E-state index contributed by atoms with van der Waals surface area (Å²) in [5.41, 5.74) is 7.25. The standard InChI is InChI=1S/C11H20N4O2/c1-4-6-15-11(10(12)8(3)14-15)13-7-9(16)17-5-2/h13H,4-7,12H2,1-3H3. The van der Waals surface area contributed by atoms with E-state index in [9.17, 15) is 4.79 Å². The normalized spacial score (nSPS) is 10.3. The van der Waals surface area contributed by atoms with Crippen molar-refractivity contribution in [3.05, 3.63) is 5.69 Å². The van der Waals surface area contributed by atoms with Crippen molar-refractivity contribution in [2.75, 3.05) is 24.2 Å². The Labute approximate surface area is 101 Å². The molecule has 1 aromatic rings. The molecule has 1 aromatic heterocycles. The fraction of sp³-hybridized carbons (Fsp3) is 0.636. The first-order valence-corrected chi connectivity index (χ1v) is 5.82. The Morgan fingerprint density at radius 1 is 1.53 bits per heavy atom. The molecule has 0 aromatic carbocycles. The predicted molar refractivity (Wildman–Crippen MR) is 66.8 cm³/mol. The van der Waals surface area contributed by atoms with E-state index in [-0.39, 0.29) is 12.5 Å². The van der Waals surface area contributed by atoms with Crippen molar-refractivity contribution in [3.8, 4) is 0 Å². The van der Waals surface area contributed by atoms with Gasteiger partial charge in [0, 0.05) is 6.54 Å². The molecule has 0 unspecified atom stereocenters. The second-order valence-corrected chi connectivity index (χ2v) is 3.73. The molecule has 0 saturated carbocycles. The first-order chi connectivity index (χ1) is 8.10. The molecule has 96 valence electrons. The largest absolute Gasteiger partial charge is 0.465 e. The van der Waals surface area contributed by atoms with Crippen LogP contribution in [0.15, 0.2) is 0 Å². The van der Waals surface area contributed by atoms with Gasteiger partial charge in [-0.2, -0.15) is 5.10 Å². The number of aromatic nitrogens is 2. The third-order valence-electron chi connectivity index (χ3n) is 2.31. The molecule has 0 bridgehead atoms. The van der Waals surface area contributed by atoms with Crippen molar-refractivity contribution in [3.63, 3.8) is 0 Å². The van der Waals surface area contributed by atoms with Crippen molar-refractivity contribution >= 4 is 17.5 Å². The minimum atomic E-state index is -0.297. The van der Waals surface area contributed by atoms with Crippen molar-refractivity contribution in [1.29, 1.82) is 0 Å². The van der Waals surface area contributed by atoms with E-state index in [0.717, 1.165) is 18.7 Å². The molecule has 0 aliphatic rings. The minimum Gasteiger partial charge on any atom is -0.465 e.